The van der Waals surface area contributed by atoms with Crippen molar-refractivity contribution < 1.29 is 29.1 Å². The molecule has 1 aliphatic rings. The molecule has 41 heavy (non-hydrogen) atoms. The Hall–Kier alpha value is -3.99. The number of benzene rings is 2. The van der Waals surface area contributed by atoms with E-state index in [0.717, 1.165) is 22.0 Å². The van der Waals surface area contributed by atoms with E-state index in [2.05, 4.69) is 36.7 Å². The van der Waals surface area contributed by atoms with Gasteiger partial charge in [0.05, 0.1) is 36.0 Å². The Balaban J connectivity index is 1.54. The maximum Gasteiger partial charge on any atom is 0.305 e. The Labute approximate surface area is 246 Å². The van der Waals surface area contributed by atoms with E-state index in [1.807, 2.05) is 74.6 Å². The van der Waals surface area contributed by atoms with Crippen LogP contribution in [0.3, 0.4) is 0 Å². The molecule has 4 rings (SSSR count). The molecule has 3 atom stereocenters. The van der Waals surface area contributed by atoms with Crippen molar-refractivity contribution in [3.05, 3.63) is 71.9 Å². The number of nitrogens with zero attached hydrogens (tertiary/aromatic N) is 1. The Kier molecular flexibility index (Phi) is 9.59. The molecule has 1 aromatic heterocycles. The second kappa shape index (κ2) is 13.1. The minimum atomic E-state index is -1.53. The summed E-state index contributed by atoms with van der Waals surface area (Å²) in [6.45, 7) is 3.88. The number of alkyl halides is 1. The standard InChI is InChI=1S/C30H33BrN4O6/c1-18(2)28(34-26(37)12-20-17-32-22-11-7-6-10-21(20)22)24-15-30(41-35-24,14-19-8-4-3-5-9-19)29(40)33-23(13-27(38)39)25(36)16-31/h3-11,17-18,23,28,32H,12-16H2,1-2H3,(H,33,40)(H,34,37)(H,38,39)/t23-,28?,30?/m0/s1. The highest BCUT2D eigenvalue weighted by Gasteiger charge is 2.49. The maximum absolute atomic E-state index is 13.7. The molecule has 216 valence electrons. The van der Waals surface area contributed by atoms with Crippen LogP contribution in [0.2, 0.25) is 0 Å². The molecule has 0 radical (unpaired) electrons. The van der Waals surface area contributed by atoms with Gasteiger partial charge >= 0.3 is 5.97 Å². The van der Waals surface area contributed by atoms with Gasteiger partial charge in [-0.3, -0.25) is 19.2 Å². The van der Waals surface area contributed by atoms with Crippen LogP contribution < -0.4 is 10.6 Å². The molecular weight excluding hydrogens is 592 g/mol. The fraction of sp³-hybridized carbons (Fsp3) is 0.367. The molecule has 0 fully saturated rings. The smallest absolute Gasteiger partial charge is 0.305 e. The lowest BCUT2D eigenvalue weighted by molar-refractivity contribution is -0.147. The van der Waals surface area contributed by atoms with Gasteiger partial charge in [-0.05, 0) is 23.1 Å². The van der Waals surface area contributed by atoms with Crippen LogP contribution >= 0.6 is 15.9 Å². The van der Waals surface area contributed by atoms with E-state index >= 15 is 0 Å². The number of halogens is 1. The molecule has 2 unspecified atom stereocenters. The third-order valence-corrected chi connectivity index (χ3v) is 7.68. The van der Waals surface area contributed by atoms with Gasteiger partial charge in [0.15, 0.2) is 5.78 Å². The number of carbonyl (C=O) groups excluding carboxylic acids is 3. The van der Waals surface area contributed by atoms with Gasteiger partial charge in [0.25, 0.3) is 5.91 Å². The van der Waals surface area contributed by atoms with Crippen molar-refractivity contribution >= 4 is 56.1 Å². The molecule has 2 heterocycles. The SMILES string of the molecule is CC(C)C(NC(=O)Cc1c[nH]c2ccccc12)C1=NOC(Cc2ccccc2)(C(=O)N[C@@H](CC(=O)O)C(=O)CBr)C1. The van der Waals surface area contributed by atoms with Crippen molar-refractivity contribution in [3.63, 3.8) is 0 Å². The van der Waals surface area contributed by atoms with E-state index < -0.39 is 41.8 Å². The first kappa shape index (κ1) is 30.0. The highest BCUT2D eigenvalue weighted by atomic mass is 79.9. The number of H-pyrrole nitrogens is 1. The van der Waals surface area contributed by atoms with Crippen molar-refractivity contribution in [1.29, 1.82) is 0 Å². The van der Waals surface area contributed by atoms with Gasteiger partial charge in [0.2, 0.25) is 11.5 Å². The van der Waals surface area contributed by atoms with Crippen LogP contribution in [-0.2, 0) is 36.9 Å². The van der Waals surface area contributed by atoms with Crippen LogP contribution in [0.25, 0.3) is 10.9 Å². The van der Waals surface area contributed by atoms with Crippen molar-refractivity contribution in [2.24, 2.45) is 11.1 Å². The number of carboxylic acids is 1. The van der Waals surface area contributed by atoms with E-state index in [1.54, 1.807) is 0 Å². The third kappa shape index (κ3) is 7.21. The lowest BCUT2D eigenvalue weighted by Crippen LogP contribution is -2.55. The molecule has 1 aliphatic heterocycles. The molecule has 10 nitrogen and oxygen atoms in total. The Bertz CT molecular complexity index is 1450. The number of aromatic amines is 1. The van der Waals surface area contributed by atoms with E-state index in [1.165, 1.54) is 0 Å². The summed E-state index contributed by atoms with van der Waals surface area (Å²) in [6.07, 6.45) is 1.59. The lowest BCUT2D eigenvalue weighted by atomic mass is 9.84. The monoisotopic (exact) mass is 624 g/mol. The van der Waals surface area contributed by atoms with Crippen molar-refractivity contribution in [2.45, 2.75) is 57.2 Å². The van der Waals surface area contributed by atoms with E-state index in [9.17, 15) is 24.3 Å². The van der Waals surface area contributed by atoms with E-state index in [0.29, 0.717) is 5.71 Å². The summed E-state index contributed by atoms with van der Waals surface area (Å²) in [5, 5.41) is 20.1. The largest absolute Gasteiger partial charge is 0.481 e. The normalized spacial score (nSPS) is 17.9. The van der Waals surface area contributed by atoms with Crippen molar-refractivity contribution in [1.82, 2.24) is 15.6 Å². The van der Waals surface area contributed by atoms with Gasteiger partial charge in [-0.1, -0.05) is 83.5 Å². The van der Waals surface area contributed by atoms with Gasteiger partial charge in [0, 0.05) is 29.9 Å². The number of rotatable bonds is 13. The van der Waals surface area contributed by atoms with Crippen molar-refractivity contribution in [3.8, 4) is 0 Å². The third-order valence-electron chi connectivity index (χ3n) is 7.12. The summed E-state index contributed by atoms with van der Waals surface area (Å²) in [5.41, 5.74) is 1.56. The number of nitrogens with one attached hydrogen (secondary N) is 3. The van der Waals surface area contributed by atoms with Gasteiger partial charge in [-0.25, -0.2) is 0 Å². The molecule has 2 amide bonds. The molecule has 0 bridgehead atoms. The summed E-state index contributed by atoms with van der Waals surface area (Å²) in [7, 11) is 0. The molecule has 0 spiro atoms. The van der Waals surface area contributed by atoms with Gasteiger partial charge in [-0.2, -0.15) is 0 Å². The molecule has 3 aromatic rings. The highest BCUT2D eigenvalue weighted by Crippen LogP contribution is 2.31. The number of para-hydroxylation sites is 1. The molecule has 0 aliphatic carbocycles. The molecule has 4 N–H and O–H groups in total. The number of oxime groups is 1. The molecular formula is C30H33BrN4O6. The minimum absolute atomic E-state index is 0.0479. The van der Waals surface area contributed by atoms with Gasteiger partial charge in [0.1, 0.15) is 0 Å². The first-order valence-corrected chi connectivity index (χ1v) is 14.5. The average molecular weight is 626 g/mol. The Morgan fingerprint density at radius 3 is 2.46 bits per heavy atom. The second-order valence-corrected chi connectivity index (χ2v) is 11.1. The van der Waals surface area contributed by atoms with Crippen LogP contribution in [0.15, 0.2) is 65.9 Å². The molecule has 2 aromatic carbocycles. The van der Waals surface area contributed by atoms with Crippen LogP contribution in [0, 0.1) is 5.92 Å². The number of carboxylic acid groups (broad SMARTS) is 1. The predicted octanol–water partition coefficient (Wildman–Crippen LogP) is 3.53. The number of hydrogen-bond donors (Lipinski definition) is 4. The fourth-order valence-electron chi connectivity index (χ4n) is 5.01. The number of aromatic nitrogens is 1. The number of amides is 2. The number of aliphatic carboxylic acids is 1. The average Bonchev–Trinajstić information content (AvgIpc) is 3.56. The molecule has 0 saturated carbocycles. The summed E-state index contributed by atoms with van der Waals surface area (Å²) < 4.78 is 0. The zero-order valence-electron chi connectivity index (χ0n) is 22.9. The number of fused-ring (bicyclic) bond motifs is 1. The Morgan fingerprint density at radius 1 is 1.07 bits per heavy atom. The number of hydrogen-bond acceptors (Lipinski definition) is 6. The van der Waals surface area contributed by atoms with Crippen LogP contribution in [0.1, 0.15) is 37.8 Å². The molecule has 0 saturated heterocycles. The van der Waals surface area contributed by atoms with Gasteiger partial charge < -0.3 is 25.6 Å². The zero-order valence-corrected chi connectivity index (χ0v) is 24.4. The van der Waals surface area contributed by atoms with Crippen LogP contribution in [0.4, 0.5) is 0 Å². The highest BCUT2D eigenvalue weighted by molar-refractivity contribution is 9.09. The number of carbonyl (C=O) groups is 4. The van der Waals surface area contributed by atoms with Crippen LogP contribution in [0.5, 0.6) is 0 Å². The quantitative estimate of drug-likeness (QED) is 0.214. The van der Waals surface area contributed by atoms with Crippen LogP contribution in [-0.4, -0.2) is 62.4 Å². The van der Waals surface area contributed by atoms with Gasteiger partial charge in [-0.15, -0.1) is 0 Å². The van der Waals surface area contributed by atoms with E-state index in [-0.39, 0.29) is 36.4 Å². The first-order valence-electron chi connectivity index (χ1n) is 13.4. The Morgan fingerprint density at radius 2 is 1.78 bits per heavy atom. The summed E-state index contributed by atoms with van der Waals surface area (Å²) in [6, 6.07) is 15.2. The second-order valence-electron chi connectivity index (χ2n) is 10.6. The molecule has 11 heteroatoms. The fourth-order valence-corrected chi connectivity index (χ4v) is 5.40. The zero-order chi connectivity index (χ0) is 29.6. The van der Waals surface area contributed by atoms with Crippen molar-refractivity contribution in [2.75, 3.05) is 5.33 Å². The summed E-state index contributed by atoms with van der Waals surface area (Å²) >= 11 is 3.06. The predicted molar refractivity (Wildman–Crippen MR) is 158 cm³/mol. The van der Waals surface area contributed by atoms with E-state index in [4.69, 9.17) is 4.84 Å². The topological polar surface area (TPSA) is 150 Å². The summed E-state index contributed by atoms with van der Waals surface area (Å²) in [4.78, 5) is 59.7. The number of ketones is 1. The number of Topliss-reactive ketones (excluding diaryl/α,β-unsaturated/α-hetero) is 1. The summed E-state index contributed by atoms with van der Waals surface area (Å²) in [5.74, 6) is -2.61. The maximum atomic E-state index is 13.7. The lowest BCUT2D eigenvalue weighted by Gasteiger charge is -2.29. The first-order chi connectivity index (χ1) is 19.6. The minimum Gasteiger partial charge on any atom is -0.481 e.